The molecule has 0 saturated heterocycles. The molecule has 28 heavy (non-hydrogen) atoms. The Kier molecular flexibility index (Phi) is 7.65. The Morgan fingerprint density at radius 3 is 2.50 bits per heavy atom. The van der Waals surface area contributed by atoms with Crippen LogP contribution in [0.15, 0.2) is 42.5 Å². The first-order valence-electron chi connectivity index (χ1n) is 8.14. The summed E-state index contributed by atoms with van der Waals surface area (Å²) in [6.45, 7) is -0.546. The minimum Gasteiger partial charge on any atom is -0.497 e. The van der Waals surface area contributed by atoms with Gasteiger partial charge >= 0.3 is 5.97 Å². The maximum absolute atomic E-state index is 12.1. The molecule has 2 rings (SSSR count). The van der Waals surface area contributed by atoms with E-state index in [-0.39, 0.29) is 12.0 Å². The van der Waals surface area contributed by atoms with Crippen molar-refractivity contribution in [2.45, 2.75) is 6.42 Å². The SMILES string of the molecule is COc1cccc(CC(=O)OCC(=O)NNC(=O)c2cc(Cl)ccc2OC)c1. The second kappa shape index (κ2) is 10.2. The van der Waals surface area contributed by atoms with Gasteiger partial charge in [0.1, 0.15) is 11.5 Å². The fourth-order valence-corrected chi connectivity index (χ4v) is 2.41. The van der Waals surface area contributed by atoms with Crippen molar-refractivity contribution in [1.29, 1.82) is 0 Å². The molecule has 0 atom stereocenters. The maximum Gasteiger partial charge on any atom is 0.310 e. The summed E-state index contributed by atoms with van der Waals surface area (Å²) in [5.41, 5.74) is 5.19. The molecule has 2 aromatic rings. The molecule has 9 heteroatoms. The second-order valence-corrected chi connectivity index (χ2v) is 5.97. The van der Waals surface area contributed by atoms with E-state index in [0.29, 0.717) is 22.1 Å². The van der Waals surface area contributed by atoms with E-state index in [0.717, 1.165) is 0 Å². The van der Waals surface area contributed by atoms with Gasteiger partial charge in [-0.05, 0) is 35.9 Å². The van der Waals surface area contributed by atoms with Gasteiger partial charge in [-0.25, -0.2) is 0 Å². The number of benzene rings is 2. The summed E-state index contributed by atoms with van der Waals surface area (Å²) in [7, 11) is 2.93. The fraction of sp³-hybridized carbons (Fsp3) is 0.211. The van der Waals surface area contributed by atoms with Crippen LogP contribution in [0, 0.1) is 0 Å². The van der Waals surface area contributed by atoms with Gasteiger partial charge in [0.25, 0.3) is 11.8 Å². The molecule has 0 radical (unpaired) electrons. The lowest BCUT2D eigenvalue weighted by molar-refractivity contribution is -0.148. The van der Waals surface area contributed by atoms with Crippen LogP contribution in [0.2, 0.25) is 5.02 Å². The molecule has 0 unspecified atom stereocenters. The zero-order valence-electron chi connectivity index (χ0n) is 15.3. The van der Waals surface area contributed by atoms with Crippen molar-refractivity contribution in [3.05, 3.63) is 58.6 Å². The van der Waals surface area contributed by atoms with Crippen LogP contribution in [0.1, 0.15) is 15.9 Å². The van der Waals surface area contributed by atoms with Crippen molar-refractivity contribution < 1.29 is 28.6 Å². The normalized spacial score (nSPS) is 9.96. The third-order valence-electron chi connectivity index (χ3n) is 3.57. The number of nitrogens with one attached hydrogen (secondary N) is 2. The van der Waals surface area contributed by atoms with Crippen LogP contribution in [0.5, 0.6) is 11.5 Å². The first-order chi connectivity index (χ1) is 13.4. The van der Waals surface area contributed by atoms with Crippen LogP contribution in [0.3, 0.4) is 0 Å². The molecule has 0 aliphatic rings. The summed E-state index contributed by atoms with van der Waals surface area (Å²) < 4.78 is 15.0. The molecule has 0 aliphatic heterocycles. The van der Waals surface area contributed by atoms with Gasteiger partial charge in [-0.2, -0.15) is 0 Å². The maximum atomic E-state index is 12.1. The lowest BCUT2D eigenvalue weighted by atomic mass is 10.1. The largest absolute Gasteiger partial charge is 0.497 e. The van der Waals surface area contributed by atoms with Gasteiger partial charge in [0.15, 0.2) is 6.61 Å². The molecular weight excluding hydrogens is 388 g/mol. The summed E-state index contributed by atoms with van der Waals surface area (Å²) in [6, 6.07) is 11.4. The number of hydrogen-bond acceptors (Lipinski definition) is 6. The molecule has 148 valence electrons. The average Bonchev–Trinajstić information content (AvgIpc) is 2.70. The monoisotopic (exact) mass is 406 g/mol. The molecule has 2 aromatic carbocycles. The van der Waals surface area contributed by atoms with Gasteiger partial charge in [-0.3, -0.25) is 25.2 Å². The van der Waals surface area contributed by atoms with Crippen LogP contribution in [0.25, 0.3) is 0 Å². The topological polar surface area (TPSA) is 103 Å². The molecule has 0 aromatic heterocycles. The number of amides is 2. The Hall–Kier alpha value is -3.26. The minimum absolute atomic E-state index is 0.0173. The molecule has 0 saturated carbocycles. The Morgan fingerprint density at radius 2 is 1.79 bits per heavy atom. The van der Waals surface area contributed by atoms with Crippen molar-refractivity contribution in [2.75, 3.05) is 20.8 Å². The number of halogens is 1. The summed E-state index contributed by atoms with van der Waals surface area (Å²) in [6.07, 6.45) is -0.0173. The molecule has 0 aliphatic carbocycles. The van der Waals surface area contributed by atoms with Gasteiger partial charge in [0, 0.05) is 5.02 Å². The number of hydrazine groups is 1. The number of esters is 1. The van der Waals surface area contributed by atoms with Crippen LogP contribution in [0.4, 0.5) is 0 Å². The first-order valence-corrected chi connectivity index (χ1v) is 8.52. The van der Waals surface area contributed by atoms with E-state index in [1.165, 1.54) is 26.4 Å². The van der Waals surface area contributed by atoms with E-state index in [4.69, 9.17) is 25.8 Å². The highest BCUT2D eigenvalue weighted by Gasteiger charge is 2.14. The highest BCUT2D eigenvalue weighted by Crippen LogP contribution is 2.22. The molecular formula is C19H19ClN2O6. The Bertz CT molecular complexity index is 871. The smallest absolute Gasteiger partial charge is 0.310 e. The van der Waals surface area contributed by atoms with Crippen molar-refractivity contribution in [1.82, 2.24) is 10.9 Å². The van der Waals surface area contributed by atoms with Gasteiger partial charge in [0.05, 0.1) is 26.2 Å². The molecule has 2 N–H and O–H groups in total. The lowest BCUT2D eigenvalue weighted by Crippen LogP contribution is -2.43. The van der Waals surface area contributed by atoms with Crippen molar-refractivity contribution in [3.8, 4) is 11.5 Å². The number of rotatable bonds is 7. The Labute approximate surface area is 166 Å². The fourth-order valence-electron chi connectivity index (χ4n) is 2.23. The zero-order chi connectivity index (χ0) is 20.5. The first kappa shape index (κ1) is 21.0. The summed E-state index contributed by atoms with van der Waals surface area (Å²) in [4.78, 5) is 35.7. The van der Waals surface area contributed by atoms with Crippen LogP contribution in [-0.2, 0) is 20.7 Å². The molecule has 0 spiro atoms. The third kappa shape index (κ3) is 6.17. The highest BCUT2D eigenvalue weighted by molar-refractivity contribution is 6.31. The molecule has 0 bridgehead atoms. The number of methoxy groups -OCH3 is 2. The quantitative estimate of drug-likeness (QED) is 0.537. The van der Waals surface area contributed by atoms with E-state index in [1.54, 1.807) is 30.3 Å². The van der Waals surface area contributed by atoms with Gasteiger partial charge < -0.3 is 14.2 Å². The molecule has 0 fully saturated rings. The number of carbonyl (C=O) groups is 3. The van der Waals surface area contributed by atoms with Gasteiger partial charge in [-0.1, -0.05) is 23.7 Å². The van der Waals surface area contributed by atoms with Crippen LogP contribution < -0.4 is 20.3 Å². The molecule has 8 nitrogen and oxygen atoms in total. The summed E-state index contributed by atoms with van der Waals surface area (Å²) in [5, 5.41) is 0.337. The van der Waals surface area contributed by atoms with E-state index >= 15 is 0 Å². The number of hydrogen-bond donors (Lipinski definition) is 2. The van der Waals surface area contributed by atoms with Crippen molar-refractivity contribution >= 4 is 29.4 Å². The molecule has 0 heterocycles. The second-order valence-electron chi connectivity index (χ2n) is 5.54. The summed E-state index contributed by atoms with van der Waals surface area (Å²) >= 11 is 5.86. The lowest BCUT2D eigenvalue weighted by Gasteiger charge is -2.11. The zero-order valence-corrected chi connectivity index (χ0v) is 16.0. The standard InChI is InChI=1S/C19H19ClN2O6/c1-26-14-5-3-4-12(8-14)9-18(24)28-11-17(23)21-22-19(25)15-10-13(20)6-7-16(15)27-2/h3-8,10H,9,11H2,1-2H3,(H,21,23)(H,22,25). The third-order valence-corrected chi connectivity index (χ3v) is 3.80. The minimum atomic E-state index is -0.701. The molecule has 2 amide bonds. The summed E-state index contributed by atoms with van der Waals surface area (Å²) in [5.74, 6) is -1.02. The predicted molar refractivity (Wildman–Crippen MR) is 101 cm³/mol. The van der Waals surface area contributed by atoms with Crippen LogP contribution >= 0.6 is 11.6 Å². The van der Waals surface area contributed by atoms with Crippen molar-refractivity contribution in [2.24, 2.45) is 0 Å². The van der Waals surface area contributed by atoms with E-state index < -0.39 is 24.4 Å². The van der Waals surface area contributed by atoms with E-state index in [1.807, 2.05) is 0 Å². The van der Waals surface area contributed by atoms with Gasteiger partial charge in [0.2, 0.25) is 0 Å². The highest BCUT2D eigenvalue weighted by atomic mass is 35.5. The Balaban J connectivity index is 1.80. The average molecular weight is 407 g/mol. The Morgan fingerprint density at radius 1 is 1.00 bits per heavy atom. The van der Waals surface area contributed by atoms with Crippen molar-refractivity contribution in [3.63, 3.8) is 0 Å². The number of carbonyl (C=O) groups excluding carboxylic acids is 3. The number of ether oxygens (including phenoxy) is 3. The van der Waals surface area contributed by atoms with E-state index in [2.05, 4.69) is 10.9 Å². The van der Waals surface area contributed by atoms with E-state index in [9.17, 15) is 14.4 Å². The van der Waals surface area contributed by atoms with Crippen LogP contribution in [-0.4, -0.2) is 38.6 Å². The predicted octanol–water partition coefficient (Wildman–Crippen LogP) is 1.90. The van der Waals surface area contributed by atoms with Gasteiger partial charge in [-0.15, -0.1) is 0 Å².